The van der Waals surface area contributed by atoms with Crippen LogP contribution in [0.3, 0.4) is 0 Å². The molecule has 0 aliphatic carbocycles. The zero-order chi connectivity index (χ0) is 15.4. The van der Waals surface area contributed by atoms with Crippen molar-refractivity contribution in [2.24, 2.45) is 5.73 Å². The Hall–Kier alpha value is -1.42. The highest BCUT2D eigenvalue weighted by Gasteiger charge is 2.14. The van der Waals surface area contributed by atoms with E-state index in [2.05, 4.69) is 11.8 Å². The molecule has 0 bridgehead atoms. The minimum Gasteiger partial charge on any atom is -0.326 e. The molecule has 2 nitrogen and oxygen atoms in total. The van der Waals surface area contributed by atoms with Gasteiger partial charge in [0.25, 0.3) is 0 Å². The lowest BCUT2D eigenvalue weighted by Gasteiger charge is -2.26. The van der Waals surface area contributed by atoms with Gasteiger partial charge in [0.2, 0.25) is 0 Å². The van der Waals surface area contributed by atoms with Gasteiger partial charge in [-0.15, -0.1) is 0 Å². The number of halogens is 2. The van der Waals surface area contributed by atoms with Gasteiger partial charge in [0, 0.05) is 24.2 Å². The fraction of sp³-hybridized carbons (Fsp3) is 0.294. The van der Waals surface area contributed by atoms with Crippen LogP contribution < -0.4 is 5.73 Å². The molecule has 0 spiro atoms. The first-order valence-electron chi connectivity index (χ1n) is 6.94. The Morgan fingerprint density at radius 3 is 2.43 bits per heavy atom. The molecule has 2 rings (SSSR count). The van der Waals surface area contributed by atoms with E-state index in [-0.39, 0.29) is 11.9 Å². The van der Waals surface area contributed by atoms with E-state index >= 15 is 0 Å². The number of nitrogens with zero attached hydrogens (tertiary/aromatic N) is 1. The summed E-state index contributed by atoms with van der Waals surface area (Å²) in [4.78, 5) is 2.16. The summed E-state index contributed by atoms with van der Waals surface area (Å²) in [5.74, 6) is -0.227. The van der Waals surface area contributed by atoms with E-state index in [9.17, 15) is 4.39 Å². The normalized spacial score (nSPS) is 12.7. The summed E-state index contributed by atoms with van der Waals surface area (Å²) >= 11 is 5.91. The molecular formula is C17H20ClFN2. The molecule has 112 valence electrons. The van der Waals surface area contributed by atoms with Gasteiger partial charge < -0.3 is 5.73 Å². The van der Waals surface area contributed by atoms with Gasteiger partial charge in [-0.25, -0.2) is 4.39 Å². The van der Waals surface area contributed by atoms with Gasteiger partial charge in [-0.3, -0.25) is 4.90 Å². The van der Waals surface area contributed by atoms with Crippen molar-refractivity contribution >= 4 is 11.6 Å². The summed E-state index contributed by atoms with van der Waals surface area (Å²) < 4.78 is 13.4. The molecule has 0 amide bonds. The monoisotopic (exact) mass is 306 g/mol. The first-order chi connectivity index (χ1) is 10.0. The third-order valence-electron chi connectivity index (χ3n) is 3.82. The van der Waals surface area contributed by atoms with Crippen LogP contribution in [0.1, 0.15) is 29.7 Å². The second-order valence-corrected chi connectivity index (χ2v) is 5.70. The number of nitrogens with two attached hydrogens (primary N) is 1. The lowest BCUT2D eigenvalue weighted by atomic mass is 10.0. The number of hydrogen-bond donors (Lipinski definition) is 1. The number of rotatable bonds is 5. The summed E-state index contributed by atoms with van der Waals surface area (Å²) in [5.41, 5.74) is 8.81. The van der Waals surface area contributed by atoms with Crippen molar-refractivity contribution in [2.75, 3.05) is 7.05 Å². The van der Waals surface area contributed by atoms with Crippen molar-refractivity contribution in [1.82, 2.24) is 4.90 Å². The predicted octanol–water partition coefficient (Wildman–Crippen LogP) is 4.13. The van der Waals surface area contributed by atoms with Crippen LogP contribution in [-0.2, 0) is 13.1 Å². The summed E-state index contributed by atoms with van der Waals surface area (Å²) in [7, 11) is 2.02. The smallest absolute Gasteiger partial charge is 0.123 e. The molecule has 2 aromatic carbocycles. The summed E-state index contributed by atoms with van der Waals surface area (Å²) in [6, 6.07) is 12.8. The van der Waals surface area contributed by atoms with Crippen LogP contribution in [0.5, 0.6) is 0 Å². The Labute approximate surface area is 130 Å². The highest BCUT2D eigenvalue weighted by molar-refractivity contribution is 6.30. The Balaban J connectivity index is 2.15. The molecule has 2 aromatic rings. The molecular weight excluding hydrogens is 287 g/mol. The molecule has 0 saturated heterocycles. The zero-order valence-electron chi connectivity index (χ0n) is 12.3. The largest absolute Gasteiger partial charge is 0.326 e. The molecule has 0 aliphatic rings. The van der Waals surface area contributed by atoms with Crippen molar-refractivity contribution < 1.29 is 4.39 Å². The van der Waals surface area contributed by atoms with Gasteiger partial charge in [-0.1, -0.05) is 29.8 Å². The highest BCUT2D eigenvalue weighted by Crippen LogP contribution is 2.23. The molecule has 0 saturated carbocycles. The van der Waals surface area contributed by atoms with Crippen LogP contribution in [0.4, 0.5) is 4.39 Å². The van der Waals surface area contributed by atoms with Gasteiger partial charge >= 0.3 is 0 Å². The van der Waals surface area contributed by atoms with Gasteiger partial charge in [0.15, 0.2) is 0 Å². The lowest BCUT2D eigenvalue weighted by molar-refractivity contribution is 0.252. The highest BCUT2D eigenvalue weighted by atomic mass is 35.5. The molecule has 2 N–H and O–H groups in total. The number of hydrogen-bond acceptors (Lipinski definition) is 2. The van der Waals surface area contributed by atoms with Crippen LogP contribution in [0.2, 0.25) is 5.02 Å². The Morgan fingerprint density at radius 1 is 1.14 bits per heavy atom. The molecule has 0 radical (unpaired) electrons. The first kappa shape index (κ1) is 16.0. The average molecular weight is 307 g/mol. The quantitative estimate of drug-likeness (QED) is 0.900. The molecule has 0 fully saturated rings. The van der Waals surface area contributed by atoms with Gasteiger partial charge in [-0.2, -0.15) is 0 Å². The lowest BCUT2D eigenvalue weighted by Crippen LogP contribution is -2.23. The Kier molecular flexibility index (Phi) is 5.34. The van der Waals surface area contributed by atoms with E-state index in [4.69, 9.17) is 17.3 Å². The molecule has 1 unspecified atom stereocenters. The minimum absolute atomic E-state index is 0.205. The molecule has 0 aromatic heterocycles. The van der Waals surface area contributed by atoms with Crippen molar-refractivity contribution in [3.63, 3.8) is 0 Å². The minimum atomic E-state index is -0.227. The third-order valence-corrected chi connectivity index (χ3v) is 4.07. The summed E-state index contributed by atoms with van der Waals surface area (Å²) in [6.07, 6.45) is 0. The summed E-state index contributed by atoms with van der Waals surface area (Å²) in [5, 5.41) is 0.726. The fourth-order valence-corrected chi connectivity index (χ4v) is 2.47. The van der Waals surface area contributed by atoms with Gasteiger partial charge in [0.05, 0.1) is 0 Å². The second-order valence-electron chi connectivity index (χ2n) is 5.26. The van der Waals surface area contributed by atoms with E-state index in [1.165, 1.54) is 11.6 Å². The molecule has 21 heavy (non-hydrogen) atoms. The third kappa shape index (κ3) is 4.03. The maximum Gasteiger partial charge on any atom is 0.123 e. The molecule has 0 heterocycles. The van der Waals surface area contributed by atoms with E-state index in [0.29, 0.717) is 13.1 Å². The van der Waals surface area contributed by atoms with Crippen molar-refractivity contribution in [1.29, 1.82) is 0 Å². The molecule has 4 heteroatoms. The molecule has 0 aliphatic heterocycles. The standard InChI is InChI=1S/C17H20ClFN2/c1-12(13-3-6-16(18)7-4-13)21(2)11-15-9-17(19)8-5-14(15)10-20/h3-9,12H,10-11,20H2,1-2H3. The Morgan fingerprint density at radius 2 is 1.81 bits per heavy atom. The van der Waals surface area contributed by atoms with E-state index in [1.807, 2.05) is 31.3 Å². The van der Waals surface area contributed by atoms with Gasteiger partial charge in [-0.05, 0) is 54.9 Å². The second kappa shape index (κ2) is 7.03. The van der Waals surface area contributed by atoms with E-state index in [1.54, 1.807) is 12.1 Å². The van der Waals surface area contributed by atoms with Crippen LogP contribution in [0.25, 0.3) is 0 Å². The van der Waals surface area contributed by atoms with Crippen LogP contribution in [0.15, 0.2) is 42.5 Å². The van der Waals surface area contributed by atoms with Crippen LogP contribution >= 0.6 is 11.6 Å². The fourth-order valence-electron chi connectivity index (χ4n) is 2.34. The average Bonchev–Trinajstić information content (AvgIpc) is 2.47. The predicted molar refractivity (Wildman–Crippen MR) is 85.6 cm³/mol. The molecule has 1 atom stereocenters. The van der Waals surface area contributed by atoms with Gasteiger partial charge in [0.1, 0.15) is 5.82 Å². The summed E-state index contributed by atoms with van der Waals surface area (Å²) in [6.45, 7) is 3.18. The van der Waals surface area contributed by atoms with Crippen molar-refractivity contribution in [3.8, 4) is 0 Å². The van der Waals surface area contributed by atoms with E-state index in [0.717, 1.165) is 16.1 Å². The topological polar surface area (TPSA) is 29.3 Å². The number of benzene rings is 2. The van der Waals surface area contributed by atoms with Crippen LogP contribution in [0, 0.1) is 5.82 Å². The Bertz CT molecular complexity index is 598. The van der Waals surface area contributed by atoms with Crippen LogP contribution in [-0.4, -0.2) is 11.9 Å². The van der Waals surface area contributed by atoms with E-state index < -0.39 is 0 Å². The maximum atomic E-state index is 13.4. The van der Waals surface area contributed by atoms with Crippen molar-refractivity contribution in [2.45, 2.75) is 26.1 Å². The SMILES string of the molecule is CC(c1ccc(Cl)cc1)N(C)Cc1cc(F)ccc1CN. The maximum absolute atomic E-state index is 13.4. The van der Waals surface area contributed by atoms with Crippen molar-refractivity contribution in [3.05, 3.63) is 70.0 Å². The first-order valence-corrected chi connectivity index (χ1v) is 7.32. The zero-order valence-corrected chi connectivity index (χ0v) is 13.1.